The molecule has 0 spiro atoms. The van der Waals surface area contributed by atoms with E-state index in [9.17, 15) is 0 Å². The van der Waals surface area contributed by atoms with E-state index in [0.29, 0.717) is 0 Å². The predicted molar refractivity (Wildman–Crippen MR) is 67.3 cm³/mol. The maximum atomic E-state index is 3.45. The van der Waals surface area contributed by atoms with Gasteiger partial charge in [0.1, 0.15) is 0 Å². The minimum Gasteiger partial charge on any atom is -0.0508 e. The van der Waals surface area contributed by atoms with Gasteiger partial charge in [-0.05, 0) is 73.2 Å². The molecular weight excluding hydrogens is 486 g/mol. The van der Waals surface area contributed by atoms with E-state index in [4.69, 9.17) is 0 Å². The normalized spacial score (nSPS) is 10.0. The van der Waals surface area contributed by atoms with Gasteiger partial charge < -0.3 is 0 Å². The fraction of sp³-hybridized carbons (Fsp3) is 0. The van der Waals surface area contributed by atoms with Crippen molar-refractivity contribution >= 4 is 77.0 Å². The van der Waals surface area contributed by atoms with Crippen molar-refractivity contribution in [1.29, 1.82) is 0 Å². The van der Waals surface area contributed by atoms with Gasteiger partial charge in [-0.2, -0.15) is 0 Å². The quantitative estimate of drug-likeness (QED) is 0.289. The SMILES string of the molecule is Brc1cc(Br)c(I)c(I)c1. The molecule has 1 aromatic carbocycles. The lowest BCUT2D eigenvalue weighted by atomic mass is 10.4. The van der Waals surface area contributed by atoms with Crippen molar-refractivity contribution < 1.29 is 0 Å². The second-order valence-corrected chi connectivity index (χ2v) is 5.69. The number of halogens is 4. The zero-order valence-corrected chi connectivity index (χ0v) is 12.2. The Labute approximate surface area is 104 Å². The van der Waals surface area contributed by atoms with E-state index < -0.39 is 0 Å². The standard InChI is InChI=1S/C6H2Br2I2/c7-3-1-4(8)6(10)5(9)2-3/h1-2H. The van der Waals surface area contributed by atoms with Crippen molar-refractivity contribution in [3.63, 3.8) is 0 Å². The summed E-state index contributed by atoms with van der Waals surface area (Å²) in [6.07, 6.45) is 0. The van der Waals surface area contributed by atoms with Crippen molar-refractivity contribution in [2.75, 3.05) is 0 Å². The molecule has 1 aromatic rings. The van der Waals surface area contributed by atoms with Crippen LogP contribution in [-0.2, 0) is 0 Å². The van der Waals surface area contributed by atoms with E-state index in [2.05, 4.69) is 83.1 Å². The minimum atomic E-state index is 1.11. The third-order valence-corrected chi connectivity index (χ3v) is 5.82. The van der Waals surface area contributed by atoms with Gasteiger partial charge in [0.05, 0.1) is 0 Å². The molecule has 0 aliphatic heterocycles. The van der Waals surface area contributed by atoms with E-state index in [0.717, 1.165) is 8.95 Å². The fourth-order valence-corrected chi connectivity index (χ4v) is 3.49. The van der Waals surface area contributed by atoms with Crippen LogP contribution >= 0.6 is 77.0 Å². The van der Waals surface area contributed by atoms with Crippen LogP contribution in [0.3, 0.4) is 0 Å². The summed E-state index contributed by atoms with van der Waals surface area (Å²) < 4.78 is 4.79. The first-order chi connectivity index (χ1) is 4.61. The zero-order chi connectivity index (χ0) is 7.72. The Bertz CT molecular complexity index is 237. The molecule has 0 unspecified atom stereocenters. The highest BCUT2D eigenvalue weighted by Gasteiger charge is 2.01. The van der Waals surface area contributed by atoms with E-state index in [1.807, 2.05) is 6.07 Å². The van der Waals surface area contributed by atoms with Crippen molar-refractivity contribution in [3.8, 4) is 0 Å². The third-order valence-electron chi connectivity index (χ3n) is 0.949. The molecule has 0 aliphatic rings. The molecule has 0 aromatic heterocycles. The van der Waals surface area contributed by atoms with Gasteiger partial charge in [0.2, 0.25) is 0 Å². The third kappa shape index (κ3) is 2.31. The summed E-state index contributed by atoms with van der Waals surface area (Å²) in [6, 6.07) is 4.14. The van der Waals surface area contributed by atoms with Gasteiger partial charge in [-0.1, -0.05) is 15.9 Å². The molecule has 0 atom stereocenters. The average molecular weight is 488 g/mol. The van der Waals surface area contributed by atoms with Crippen LogP contribution in [0.5, 0.6) is 0 Å². The predicted octanol–water partition coefficient (Wildman–Crippen LogP) is 4.42. The molecule has 1 rings (SSSR count). The molecule has 4 heteroatoms. The van der Waals surface area contributed by atoms with Crippen LogP contribution in [0.1, 0.15) is 0 Å². The van der Waals surface area contributed by atoms with Gasteiger partial charge in [-0.15, -0.1) is 0 Å². The molecular formula is C6H2Br2I2. The van der Waals surface area contributed by atoms with Gasteiger partial charge in [0, 0.05) is 16.1 Å². The van der Waals surface area contributed by atoms with Crippen molar-refractivity contribution in [2.24, 2.45) is 0 Å². The summed E-state index contributed by atoms with van der Waals surface area (Å²) in [5.74, 6) is 0. The lowest BCUT2D eigenvalue weighted by Gasteiger charge is -1.99. The molecule has 0 nitrogen and oxygen atoms in total. The highest BCUT2D eigenvalue weighted by Crippen LogP contribution is 2.28. The molecule has 0 aliphatic carbocycles. The topological polar surface area (TPSA) is 0 Å². The molecule has 10 heavy (non-hydrogen) atoms. The lowest BCUT2D eigenvalue weighted by molar-refractivity contribution is 1.50. The van der Waals surface area contributed by atoms with Crippen LogP contribution in [0.25, 0.3) is 0 Å². The van der Waals surface area contributed by atoms with Gasteiger partial charge in [0.25, 0.3) is 0 Å². The lowest BCUT2D eigenvalue weighted by Crippen LogP contribution is -1.80. The van der Waals surface area contributed by atoms with Crippen molar-refractivity contribution in [2.45, 2.75) is 0 Å². The molecule has 0 heterocycles. The van der Waals surface area contributed by atoms with E-state index in [1.165, 1.54) is 7.14 Å². The van der Waals surface area contributed by atoms with Gasteiger partial charge in [-0.25, -0.2) is 0 Å². The summed E-state index contributed by atoms with van der Waals surface area (Å²) in [5.41, 5.74) is 0. The van der Waals surface area contributed by atoms with E-state index in [1.54, 1.807) is 0 Å². The molecule has 54 valence electrons. The maximum Gasteiger partial charge on any atom is 0.0406 e. The largest absolute Gasteiger partial charge is 0.0508 e. The van der Waals surface area contributed by atoms with Crippen LogP contribution in [0, 0.1) is 7.14 Å². The van der Waals surface area contributed by atoms with Gasteiger partial charge >= 0.3 is 0 Å². The number of rotatable bonds is 0. The Balaban J connectivity index is 3.31. The first kappa shape index (κ1) is 9.73. The Morgan fingerprint density at radius 2 is 1.70 bits per heavy atom. The van der Waals surface area contributed by atoms with E-state index in [-0.39, 0.29) is 0 Å². The molecule has 0 saturated carbocycles. The summed E-state index contributed by atoms with van der Waals surface area (Å²) in [5, 5.41) is 0. The molecule has 0 amide bonds. The second-order valence-electron chi connectivity index (χ2n) is 1.68. The van der Waals surface area contributed by atoms with Crippen LogP contribution < -0.4 is 0 Å². The summed E-state index contributed by atoms with van der Waals surface area (Å²) in [4.78, 5) is 0. The van der Waals surface area contributed by atoms with Gasteiger partial charge in [-0.3, -0.25) is 0 Å². The van der Waals surface area contributed by atoms with Gasteiger partial charge in [0.15, 0.2) is 0 Å². The number of benzene rings is 1. The molecule has 0 radical (unpaired) electrons. The van der Waals surface area contributed by atoms with Crippen LogP contribution in [0.4, 0.5) is 0 Å². The van der Waals surface area contributed by atoms with E-state index >= 15 is 0 Å². The molecule has 0 fully saturated rings. The monoisotopic (exact) mass is 486 g/mol. The van der Waals surface area contributed by atoms with Crippen LogP contribution in [-0.4, -0.2) is 0 Å². The smallest absolute Gasteiger partial charge is 0.0406 e. The summed E-state index contributed by atoms with van der Waals surface area (Å²) >= 11 is 11.5. The van der Waals surface area contributed by atoms with Crippen LogP contribution in [0.15, 0.2) is 21.1 Å². The Morgan fingerprint density at radius 1 is 1.10 bits per heavy atom. The highest BCUT2D eigenvalue weighted by atomic mass is 127. The first-order valence-corrected chi connectivity index (χ1v) is 6.15. The Morgan fingerprint density at radius 3 is 2.20 bits per heavy atom. The Kier molecular flexibility index (Phi) is 3.93. The van der Waals surface area contributed by atoms with Crippen LogP contribution in [0.2, 0.25) is 0 Å². The maximum absolute atomic E-state index is 3.45. The highest BCUT2D eigenvalue weighted by molar-refractivity contribution is 14.1. The Hall–Kier alpha value is 1.64. The van der Waals surface area contributed by atoms with Crippen molar-refractivity contribution in [1.82, 2.24) is 0 Å². The summed E-state index contributed by atoms with van der Waals surface area (Å²) in [7, 11) is 0. The first-order valence-electron chi connectivity index (χ1n) is 2.41. The average Bonchev–Trinajstić information content (AvgIpc) is 1.82. The van der Waals surface area contributed by atoms with Crippen molar-refractivity contribution in [3.05, 3.63) is 28.2 Å². The summed E-state index contributed by atoms with van der Waals surface area (Å²) in [6.45, 7) is 0. The second kappa shape index (κ2) is 4.04. The zero-order valence-electron chi connectivity index (χ0n) is 4.67. The molecule has 0 N–H and O–H groups in total. The minimum absolute atomic E-state index is 1.11. The number of hydrogen-bond acceptors (Lipinski definition) is 0. The molecule has 0 bridgehead atoms. The molecule has 0 saturated heterocycles. The fourth-order valence-electron chi connectivity index (χ4n) is 0.525. The number of hydrogen-bond donors (Lipinski definition) is 0.